The molecule has 1 aromatic rings. The topological polar surface area (TPSA) is 20.3 Å². The quantitative estimate of drug-likeness (QED) is 0.746. The van der Waals surface area contributed by atoms with Crippen molar-refractivity contribution in [1.82, 2.24) is 4.90 Å². The highest BCUT2D eigenvalue weighted by atomic mass is 16.2. The standard InChI is InChI=1S/C14H19NO/c1-3-6-14(16)15-9-11(2)13-8-5-4-7-12(13)10-15/h4-5,7-8,11H,3,6,9-10H2,1-2H3. The third-order valence-corrected chi connectivity index (χ3v) is 3.26. The molecule has 2 heteroatoms. The molecule has 0 saturated heterocycles. The van der Waals surface area contributed by atoms with Crippen molar-refractivity contribution >= 4 is 5.91 Å². The van der Waals surface area contributed by atoms with Crippen molar-refractivity contribution in [3.8, 4) is 0 Å². The molecule has 0 bridgehead atoms. The van der Waals surface area contributed by atoms with Gasteiger partial charge < -0.3 is 4.90 Å². The van der Waals surface area contributed by atoms with Gasteiger partial charge in [0.25, 0.3) is 0 Å². The number of hydrogen-bond acceptors (Lipinski definition) is 1. The third kappa shape index (κ3) is 2.11. The van der Waals surface area contributed by atoms with E-state index in [1.165, 1.54) is 11.1 Å². The normalized spacial score (nSPS) is 19.4. The molecule has 16 heavy (non-hydrogen) atoms. The van der Waals surface area contributed by atoms with E-state index in [1.807, 2.05) is 4.90 Å². The van der Waals surface area contributed by atoms with E-state index in [1.54, 1.807) is 0 Å². The Kier molecular flexibility index (Phi) is 3.28. The van der Waals surface area contributed by atoms with Crippen LogP contribution in [0.2, 0.25) is 0 Å². The molecule has 1 aromatic carbocycles. The monoisotopic (exact) mass is 217 g/mol. The Morgan fingerprint density at radius 3 is 2.94 bits per heavy atom. The van der Waals surface area contributed by atoms with Gasteiger partial charge in [0.05, 0.1) is 0 Å². The molecule has 1 atom stereocenters. The van der Waals surface area contributed by atoms with Crippen molar-refractivity contribution in [2.45, 2.75) is 39.2 Å². The molecular weight excluding hydrogens is 198 g/mol. The van der Waals surface area contributed by atoms with E-state index in [0.29, 0.717) is 18.2 Å². The summed E-state index contributed by atoms with van der Waals surface area (Å²) < 4.78 is 0. The van der Waals surface area contributed by atoms with Gasteiger partial charge in [-0.05, 0) is 23.5 Å². The third-order valence-electron chi connectivity index (χ3n) is 3.26. The number of benzene rings is 1. The molecule has 0 saturated carbocycles. The van der Waals surface area contributed by atoms with Gasteiger partial charge in [0.1, 0.15) is 0 Å². The first-order valence-corrected chi connectivity index (χ1v) is 6.08. The minimum absolute atomic E-state index is 0.295. The van der Waals surface area contributed by atoms with Crippen LogP contribution in [0.3, 0.4) is 0 Å². The van der Waals surface area contributed by atoms with Crippen LogP contribution in [0.15, 0.2) is 24.3 Å². The fraction of sp³-hybridized carbons (Fsp3) is 0.500. The SMILES string of the molecule is CCCC(=O)N1Cc2ccccc2C(C)C1. The molecule has 1 amide bonds. The number of nitrogens with zero attached hydrogens (tertiary/aromatic N) is 1. The van der Waals surface area contributed by atoms with Crippen molar-refractivity contribution in [3.05, 3.63) is 35.4 Å². The Morgan fingerprint density at radius 1 is 1.44 bits per heavy atom. The fourth-order valence-corrected chi connectivity index (χ4v) is 2.42. The first-order valence-electron chi connectivity index (χ1n) is 6.08. The predicted molar refractivity (Wildman–Crippen MR) is 65.2 cm³/mol. The lowest BCUT2D eigenvalue weighted by Gasteiger charge is -2.33. The molecule has 2 nitrogen and oxygen atoms in total. The second-order valence-electron chi connectivity index (χ2n) is 4.62. The molecule has 0 fully saturated rings. The number of hydrogen-bond donors (Lipinski definition) is 0. The average Bonchev–Trinajstić information content (AvgIpc) is 2.29. The van der Waals surface area contributed by atoms with Gasteiger partial charge in [-0.15, -0.1) is 0 Å². The molecular formula is C14H19NO. The minimum Gasteiger partial charge on any atom is -0.338 e. The maximum absolute atomic E-state index is 11.9. The van der Waals surface area contributed by atoms with Crippen molar-refractivity contribution in [1.29, 1.82) is 0 Å². The zero-order valence-electron chi connectivity index (χ0n) is 10.1. The Balaban J connectivity index is 2.18. The van der Waals surface area contributed by atoms with E-state index in [9.17, 15) is 4.79 Å². The summed E-state index contributed by atoms with van der Waals surface area (Å²) >= 11 is 0. The van der Waals surface area contributed by atoms with Gasteiger partial charge >= 0.3 is 0 Å². The van der Waals surface area contributed by atoms with Crippen LogP contribution in [0.5, 0.6) is 0 Å². The van der Waals surface area contributed by atoms with E-state index >= 15 is 0 Å². The van der Waals surface area contributed by atoms with Crippen LogP contribution in [0.1, 0.15) is 43.7 Å². The molecule has 1 unspecified atom stereocenters. The van der Waals surface area contributed by atoms with Gasteiger partial charge in [-0.25, -0.2) is 0 Å². The lowest BCUT2D eigenvalue weighted by molar-refractivity contribution is -0.132. The van der Waals surface area contributed by atoms with Crippen LogP contribution >= 0.6 is 0 Å². The molecule has 1 aliphatic heterocycles. The van der Waals surface area contributed by atoms with Gasteiger partial charge in [-0.3, -0.25) is 4.79 Å². The van der Waals surface area contributed by atoms with Gasteiger partial charge in [-0.1, -0.05) is 38.1 Å². The van der Waals surface area contributed by atoms with Crippen molar-refractivity contribution in [2.75, 3.05) is 6.54 Å². The molecule has 1 heterocycles. The van der Waals surface area contributed by atoms with Gasteiger partial charge in [-0.2, -0.15) is 0 Å². The fourth-order valence-electron chi connectivity index (χ4n) is 2.42. The smallest absolute Gasteiger partial charge is 0.222 e. The van der Waals surface area contributed by atoms with E-state index in [2.05, 4.69) is 38.1 Å². The second-order valence-corrected chi connectivity index (χ2v) is 4.62. The van der Waals surface area contributed by atoms with E-state index in [-0.39, 0.29) is 0 Å². The average molecular weight is 217 g/mol. The summed E-state index contributed by atoms with van der Waals surface area (Å²) in [4.78, 5) is 13.9. The highest BCUT2D eigenvalue weighted by molar-refractivity contribution is 5.76. The van der Waals surface area contributed by atoms with Crippen LogP contribution in [0.4, 0.5) is 0 Å². The highest BCUT2D eigenvalue weighted by Gasteiger charge is 2.24. The number of fused-ring (bicyclic) bond motifs is 1. The lowest BCUT2D eigenvalue weighted by Crippen LogP contribution is -2.37. The molecule has 1 aliphatic rings. The lowest BCUT2D eigenvalue weighted by atomic mass is 9.91. The molecule has 0 N–H and O–H groups in total. The van der Waals surface area contributed by atoms with Gasteiger partial charge in [0.15, 0.2) is 0 Å². The highest BCUT2D eigenvalue weighted by Crippen LogP contribution is 2.27. The summed E-state index contributed by atoms with van der Waals surface area (Å²) in [5.74, 6) is 0.759. The molecule has 2 rings (SSSR count). The van der Waals surface area contributed by atoms with Crippen molar-refractivity contribution < 1.29 is 4.79 Å². The summed E-state index contributed by atoms with van der Waals surface area (Å²) in [6.45, 7) is 5.92. The van der Waals surface area contributed by atoms with E-state index < -0.39 is 0 Å². The van der Waals surface area contributed by atoms with Crippen LogP contribution in [-0.2, 0) is 11.3 Å². The number of rotatable bonds is 2. The molecule has 0 radical (unpaired) electrons. The number of amides is 1. The molecule has 0 aliphatic carbocycles. The summed E-state index contributed by atoms with van der Waals surface area (Å²) in [5.41, 5.74) is 2.72. The Morgan fingerprint density at radius 2 is 2.19 bits per heavy atom. The first kappa shape index (κ1) is 11.2. The summed E-state index contributed by atoms with van der Waals surface area (Å²) in [6, 6.07) is 8.46. The molecule has 86 valence electrons. The minimum atomic E-state index is 0.295. The second kappa shape index (κ2) is 4.69. The molecule has 0 aromatic heterocycles. The zero-order chi connectivity index (χ0) is 11.5. The maximum Gasteiger partial charge on any atom is 0.222 e. The summed E-state index contributed by atoms with van der Waals surface area (Å²) in [7, 11) is 0. The first-order chi connectivity index (χ1) is 7.72. The predicted octanol–water partition coefficient (Wildman–Crippen LogP) is 2.93. The summed E-state index contributed by atoms with van der Waals surface area (Å²) in [6.07, 6.45) is 1.61. The Bertz CT molecular complexity index is 386. The molecule has 0 spiro atoms. The Hall–Kier alpha value is -1.31. The van der Waals surface area contributed by atoms with Crippen LogP contribution < -0.4 is 0 Å². The number of carbonyl (C=O) groups is 1. The zero-order valence-corrected chi connectivity index (χ0v) is 10.1. The van der Waals surface area contributed by atoms with E-state index in [4.69, 9.17) is 0 Å². The van der Waals surface area contributed by atoms with Gasteiger partial charge in [0, 0.05) is 19.5 Å². The summed E-state index contributed by atoms with van der Waals surface area (Å²) in [5, 5.41) is 0. The Labute approximate surface area is 97.3 Å². The maximum atomic E-state index is 11.9. The van der Waals surface area contributed by atoms with Crippen LogP contribution in [-0.4, -0.2) is 17.4 Å². The number of carbonyl (C=O) groups excluding carboxylic acids is 1. The van der Waals surface area contributed by atoms with Crippen molar-refractivity contribution in [2.24, 2.45) is 0 Å². The van der Waals surface area contributed by atoms with Gasteiger partial charge in [0.2, 0.25) is 5.91 Å². The largest absolute Gasteiger partial charge is 0.338 e. The van der Waals surface area contributed by atoms with Crippen LogP contribution in [0, 0.1) is 0 Å². The van der Waals surface area contributed by atoms with E-state index in [0.717, 1.165) is 19.5 Å². The van der Waals surface area contributed by atoms with Crippen LogP contribution in [0.25, 0.3) is 0 Å². The van der Waals surface area contributed by atoms with Crippen molar-refractivity contribution in [3.63, 3.8) is 0 Å².